The van der Waals surface area contributed by atoms with Crippen LogP contribution in [0.4, 0.5) is 5.69 Å². The minimum Gasteiger partial charge on any atom is -0.478 e. The Morgan fingerprint density at radius 1 is 1.00 bits per heavy atom. The van der Waals surface area contributed by atoms with Crippen molar-refractivity contribution in [1.29, 1.82) is 0 Å². The molecular weight excluding hydrogens is 348 g/mol. The molecule has 1 aliphatic heterocycles. The highest BCUT2D eigenvalue weighted by Gasteiger charge is 2.17. The molecule has 3 rings (SSSR count). The molecule has 2 aromatic rings. The molecule has 0 bridgehead atoms. The van der Waals surface area contributed by atoms with Gasteiger partial charge in [0, 0.05) is 24.4 Å². The zero-order valence-corrected chi connectivity index (χ0v) is 14.6. The van der Waals surface area contributed by atoms with Gasteiger partial charge in [0.15, 0.2) is 0 Å². The SMILES string of the molecule is O=C(NC[C@H]1CCCO1)c1ccc(NC(=O)c2ccccc2C(=O)O)cc1. The van der Waals surface area contributed by atoms with E-state index in [9.17, 15) is 19.5 Å². The smallest absolute Gasteiger partial charge is 0.336 e. The highest BCUT2D eigenvalue weighted by atomic mass is 16.5. The van der Waals surface area contributed by atoms with Gasteiger partial charge in [0.05, 0.1) is 17.2 Å². The lowest BCUT2D eigenvalue weighted by molar-refractivity contribution is 0.0692. The Hall–Kier alpha value is -3.19. The summed E-state index contributed by atoms with van der Waals surface area (Å²) >= 11 is 0. The Bertz CT molecular complexity index is 842. The minimum atomic E-state index is -1.17. The fourth-order valence-corrected chi connectivity index (χ4v) is 2.88. The van der Waals surface area contributed by atoms with Gasteiger partial charge in [-0.1, -0.05) is 12.1 Å². The summed E-state index contributed by atoms with van der Waals surface area (Å²) in [4.78, 5) is 35.7. The maximum atomic E-state index is 12.3. The molecule has 7 nitrogen and oxygen atoms in total. The molecular formula is C20H20N2O5. The van der Waals surface area contributed by atoms with Crippen molar-refractivity contribution in [3.05, 3.63) is 65.2 Å². The largest absolute Gasteiger partial charge is 0.478 e. The molecule has 7 heteroatoms. The van der Waals surface area contributed by atoms with Crippen LogP contribution in [0.3, 0.4) is 0 Å². The van der Waals surface area contributed by atoms with Gasteiger partial charge >= 0.3 is 5.97 Å². The van der Waals surface area contributed by atoms with Crippen LogP contribution in [0.1, 0.15) is 43.9 Å². The first kappa shape index (κ1) is 18.6. The second-order valence-corrected chi connectivity index (χ2v) is 6.23. The first-order valence-electron chi connectivity index (χ1n) is 8.68. The van der Waals surface area contributed by atoms with Crippen LogP contribution in [0.25, 0.3) is 0 Å². The van der Waals surface area contributed by atoms with E-state index in [1.54, 1.807) is 36.4 Å². The van der Waals surface area contributed by atoms with E-state index >= 15 is 0 Å². The van der Waals surface area contributed by atoms with E-state index in [1.165, 1.54) is 12.1 Å². The van der Waals surface area contributed by atoms with E-state index < -0.39 is 11.9 Å². The molecule has 2 amide bonds. The zero-order chi connectivity index (χ0) is 19.2. The van der Waals surface area contributed by atoms with Gasteiger partial charge in [0.25, 0.3) is 11.8 Å². The van der Waals surface area contributed by atoms with Gasteiger partial charge in [-0.3, -0.25) is 9.59 Å². The molecule has 3 N–H and O–H groups in total. The average molecular weight is 368 g/mol. The van der Waals surface area contributed by atoms with Gasteiger partial charge in [0.1, 0.15) is 0 Å². The van der Waals surface area contributed by atoms with Crippen LogP contribution in [-0.4, -0.2) is 42.1 Å². The van der Waals surface area contributed by atoms with Crippen molar-refractivity contribution >= 4 is 23.5 Å². The number of carbonyl (C=O) groups excluding carboxylic acids is 2. The number of nitrogens with one attached hydrogen (secondary N) is 2. The molecule has 0 aromatic heterocycles. The highest BCUT2D eigenvalue weighted by molar-refractivity contribution is 6.10. The van der Waals surface area contributed by atoms with Gasteiger partial charge in [0.2, 0.25) is 0 Å². The molecule has 0 spiro atoms. The Balaban J connectivity index is 1.61. The Kier molecular flexibility index (Phi) is 5.83. The molecule has 27 heavy (non-hydrogen) atoms. The average Bonchev–Trinajstić information content (AvgIpc) is 3.20. The lowest BCUT2D eigenvalue weighted by Crippen LogP contribution is -2.31. The fraction of sp³-hybridized carbons (Fsp3) is 0.250. The predicted molar refractivity (Wildman–Crippen MR) is 99.1 cm³/mol. The van der Waals surface area contributed by atoms with Gasteiger partial charge in [-0.05, 0) is 49.2 Å². The van der Waals surface area contributed by atoms with Gasteiger partial charge in [-0.15, -0.1) is 0 Å². The number of hydrogen-bond acceptors (Lipinski definition) is 4. The second kappa shape index (κ2) is 8.46. The molecule has 0 saturated carbocycles. The summed E-state index contributed by atoms with van der Waals surface area (Å²) in [5.74, 6) is -1.90. The Labute approximate surface area is 156 Å². The molecule has 0 radical (unpaired) electrons. The van der Waals surface area contributed by atoms with Crippen molar-refractivity contribution in [2.24, 2.45) is 0 Å². The Morgan fingerprint density at radius 3 is 2.33 bits per heavy atom. The van der Waals surface area contributed by atoms with Crippen molar-refractivity contribution < 1.29 is 24.2 Å². The minimum absolute atomic E-state index is 0.0693. The summed E-state index contributed by atoms with van der Waals surface area (Å²) in [7, 11) is 0. The first-order valence-corrected chi connectivity index (χ1v) is 8.68. The summed E-state index contributed by atoms with van der Waals surface area (Å²) in [6.45, 7) is 1.21. The van der Waals surface area contributed by atoms with Crippen molar-refractivity contribution in [3.63, 3.8) is 0 Å². The molecule has 0 unspecified atom stereocenters. The standard InChI is InChI=1S/C20H20N2O5/c23-18(21-12-15-4-3-11-27-15)13-7-9-14(10-8-13)22-19(24)16-5-1-2-6-17(16)20(25)26/h1-2,5-10,15H,3-4,11-12H2,(H,21,23)(H,22,24)(H,25,26)/t15-/m1/s1. The fourth-order valence-electron chi connectivity index (χ4n) is 2.88. The number of carboxylic acids is 1. The summed E-state index contributed by atoms with van der Waals surface area (Å²) in [6.07, 6.45) is 2.03. The molecule has 1 aliphatic rings. The number of hydrogen-bond donors (Lipinski definition) is 3. The van der Waals surface area contributed by atoms with Crippen LogP contribution in [0.5, 0.6) is 0 Å². The third kappa shape index (κ3) is 4.71. The first-order chi connectivity index (χ1) is 13.0. The topological polar surface area (TPSA) is 105 Å². The quantitative estimate of drug-likeness (QED) is 0.727. The molecule has 1 saturated heterocycles. The Morgan fingerprint density at radius 2 is 1.70 bits per heavy atom. The molecule has 1 heterocycles. The van der Waals surface area contributed by atoms with E-state index in [-0.39, 0.29) is 23.1 Å². The molecule has 0 aliphatic carbocycles. The molecule has 1 atom stereocenters. The van der Waals surface area contributed by atoms with Gasteiger partial charge in [-0.25, -0.2) is 4.79 Å². The number of ether oxygens (including phenoxy) is 1. The van der Waals surface area contributed by atoms with Crippen molar-refractivity contribution in [1.82, 2.24) is 5.32 Å². The number of amides is 2. The van der Waals surface area contributed by atoms with Crippen molar-refractivity contribution in [3.8, 4) is 0 Å². The van der Waals surface area contributed by atoms with E-state index in [2.05, 4.69) is 10.6 Å². The van der Waals surface area contributed by atoms with Crippen LogP contribution in [0, 0.1) is 0 Å². The number of rotatable bonds is 6. The maximum absolute atomic E-state index is 12.3. The third-order valence-electron chi connectivity index (χ3n) is 4.32. The summed E-state index contributed by atoms with van der Waals surface area (Å²) in [6, 6.07) is 12.4. The zero-order valence-electron chi connectivity index (χ0n) is 14.6. The van der Waals surface area contributed by atoms with E-state index in [0.717, 1.165) is 19.4 Å². The van der Waals surface area contributed by atoms with Crippen LogP contribution in [-0.2, 0) is 4.74 Å². The lowest BCUT2D eigenvalue weighted by Gasteiger charge is -2.11. The maximum Gasteiger partial charge on any atom is 0.336 e. The van der Waals surface area contributed by atoms with Crippen LogP contribution >= 0.6 is 0 Å². The van der Waals surface area contributed by atoms with E-state index in [4.69, 9.17) is 4.74 Å². The molecule has 140 valence electrons. The predicted octanol–water partition coefficient (Wildman–Crippen LogP) is 2.55. The number of aromatic carboxylic acids is 1. The van der Waals surface area contributed by atoms with Crippen LogP contribution < -0.4 is 10.6 Å². The molecule has 1 fully saturated rings. The normalized spacial score (nSPS) is 15.9. The summed E-state index contributed by atoms with van der Waals surface area (Å²) < 4.78 is 5.47. The van der Waals surface area contributed by atoms with Crippen LogP contribution in [0.2, 0.25) is 0 Å². The number of benzene rings is 2. The van der Waals surface area contributed by atoms with E-state index in [0.29, 0.717) is 17.8 Å². The second-order valence-electron chi connectivity index (χ2n) is 6.23. The van der Waals surface area contributed by atoms with E-state index in [1.807, 2.05) is 0 Å². The van der Waals surface area contributed by atoms with Crippen LogP contribution in [0.15, 0.2) is 48.5 Å². The lowest BCUT2D eigenvalue weighted by atomic mass is 10.1. The number of carboxylic acid groups (broad SMARTS) is 1. The van der Waals surface area contributed by atoms with Crippen molar-refractivity contribution in [2.75, 3.05) is 18.5 Å². The third-order valence-corrected chi connectivity index (χ3v) is 4.32. The number of carbonyl (C=O) groups is 3. The summed E-state index contributed by atoms with van der Waals surface area (Å²) in [5.41, 5.74) is 0.941. The van der Waals surface area contributed by atoms with Gasteiger partial charge in [-0.2, -0.15) is 0 Å². The monoisotopic (exact) mass is 368 g/mol. The summed E-state index contributed by atoms with van der Waals surface area (Å²) in [5, 5.41) is 14.6. The van der Waals surface area contributed by atoms with Crippen molar-refractivity contribution in [2.45, 2.75) is 18.9 Å². The molecule has 2 aromatic carbocycles. The highest BCUT2D eigenvalue weighted by Crippen LogP contribution is 2.15. The van der Waals surface area contributed by atoms with Gasteiger partial charge < -0.3 is 20.5 Å². The number of anilines is 1.